The quantitative estimate of drug-likeness (QED) is 0.594. The first kappa shape index (κ1) is 17.0. The Morgan fingerprint density at radius 1 is 0.923 bits per heavy atom. The van der Waals surface area contributed by atoms with E-state index in [2.05, 4.69) is 64.5 Å². The van der Waals surface area contributed by atoms with Gasteiger partial charge in [-0.2, -0.15) is 0 Å². The largest absolute Gasteiger partial charge is 0.295 e. The first-order valence-electron chi connectivity index (χ1n) is 8.95. The number of benzene rings is 2. The van der Waals surface area contributed by atoms with Gasteiger partial charge in [0.2, 0.25) is 0 Å². The topological polar surface area (TPSA) is 16.1 Å². The van der Waals surface area contributed by atoms with Gasteiger partial charge in [-0.15, -0.1) is 0 Å². The third kappa shape index (κ3) is 4.04. The number of hydrogen-bond donors (Lipinski definition) is 0. The van der Waals surface area contributed by atoms with Gasteiger partial charge >= 0.3 is 0 Å². The van der Waals surface area contributed by atoms with Crippen LogP contribution in [0.4, 0.5) is 0 Å². The van der Waals surface area contributed by atoms with Crippen LogP contribution in [-0.2, 0) is 6.54 Å². The highest BCUT2D eigenvalue weighted by Gasteiger charge is 2.13. The van der Waals surface area contributed by atoms with Crippen LogP contribution >= 0.6 is 11.6 Å². The number of aromatic nitrogens is 1. The van der Waals surface area contributed by atoms with Gasteiger partial charge < -0.3 is 0 Å². The van der Waals surface area contributed by atoms with Crippen molar-refractivity contribution in [1.82, 2.24) is 9.88 Å². The number of pyridine rings is 1. The molecule has 3 aromatic rings. The zero-order chi connectivity index (χ0) is 17.8. The summed E-state index contributed by atoms with van der Waals surface area (Å²) in [5, 5.41) is 0.790. The maximum absolute atomic E-state index is 5.99. The van der Waals surface area contributed by atoms with Gasteiger partial charge in [0.25, 0.3) is 0 Å². The van der Waals surface area contributed by atoms with Crippen LogP contribution in [0.15, 0.2) is 79.0 Å². The van der Waals surface area contributed by atoms with Crippen molar-refractivity contribution in [1.29, 1.82) is 0 Å². The van der Waals surface area contributed by atoms with Crippen molar-refractivity contribution in [2.45, 2.75) is 13.0 Å². The fourth-order valence-corrected chi connectivity index (χ4v) is 3.50. The molecule has 1 aromatic heterocycles. The molecule has 0 N–H and O–H groups in total. The SMILES string of the molecule is Clc1ccc(C2=CCN(Cc3ccnc(-c4ccccc4)c3)CC2)cc1. The van der Waals surface area contributed by atoms with Gasteiger partial charge in [-0.1, -0.05) is 60.1 Å². The molecular formula is C23H21ClN2. The van der Waals surface area contributed by atoms with Gasteiger partial charge in [0.05, 0.1) is 5.69 Å². The van der Waals surface area contributed by atoms with E-state index in [0.717, 1.165) is 42.3 Å². The number of halogens is 1. The molecule has 0 atom stereocenters. The minimum atomic E-state index is 0.790. The third-order valence-electron chi connectivity index (χ3n) is 4.81. The molecule has 1 aliphatic heterocycles. The number of rotatable bonds is 4. The molecule has 2 aromatic carbocycles. The molecule has 1 aliphatic rings. The zero-order valence-electron chi connectivity index (χ0n) is 14.6. The average molecular weight is 361 g/mol. The minimum absolute atomic E-state index is 0.790. The van der Waals surface area contributed by atoms with E-state index in [9.17, 15) is 0 Å². The Labute approximate surface area is 159 Å². The van der Waals surface area contributed by atoms with Crippen LogP contribution in [0.1, 0.15) is 17.5 Å². The molecule has 0 saturated carbocycles. The summed E-state index contributed by atoms with van der Waals surface area (Å²) in [6, 6.07) is 22.8. The Morgan fingerprint density at radius 2 is 1.73 bits per heavy atom. The number of nitrogens with zero attached hydrogens (tertiary/aromatic N) is 2. The van der Waals surface area contributed by atoms with E-state index < -0.39 is 0 Å². The second-order valence-electron chi connectivity index (χ2n) is 6.64. The van der Waals surface area contributed by atoms with Crippen molar-refractivity contribution in [2.24, 2.45) is 0 Å². The summed E-state index contributed by atoms with van der Waals surface area (Å²) in [4.78, 5) is 7.00. The van der Waals surface area contributed by atoms with E-state index in [4.69, 9.17) is 11.6 Å². The monoisotopic (exact) mass is 360 g/mol. The maximum Gasteiger partial charge on any atom is 0.0705 e. The van der Waals surface area contributed by atoms with Gasteiger partial charge in [0.1, 0.15) is 0 Å². The summed E-state index contributed by atoms with van der Waals surface area (Å²) < 4.78 is 0. The van der Waals surface area contributed by atoms with Gasteiger partial charge in [-0.3, -0.25) is 9.88 Å². The van der Waals surface area contributed by atoms with Crippen LogP contribution in [0, 0.1) is 0 Å². The van der Waals surface area contributed by atoms with Gasteiger partial charge in [-0.05, 0) is 47.4 Å². The fourth-order valence-electron chi connectivity index (χ4n) is 3.38. The average Bonchev–Trinajstić information content (AvgIpc) is 2.70. The van der Waals surface area contributed by atoms with E-state index >= 15 is 0 Å². The highest BCUT2D eigenvalue weighted by molar-refractivity contribution is 6.30. The van der Waals surface area contributed by atoms with E-state index in [0.29, 0.717) is 0 Å². The summed E-state index contributed by atoms with van der Waals surface area (Å²) >= 11 is 5.99. The molecule has 0 bridgehead atoms. The predicted octanol–water partition coefficient (Wildman–Crippen LogP) is 5.69. The molecular weight excluding hydrogens is 340 g/mol. The Hall–Kier alpha value is -2.42. The summed E-state index contributed by atoms with van der Waals surface area (Å²) in [5.74, 6) is 0. The molecule has 0 radical (unpaired) electrons. The van der Waals surface area contributed by atoms with Crippen molar-refractivity contribution in [2.75, 3.05) is 13.1 Å². The van der Waals surface area contributed by atoms with Gasteiger partial charge in [0, 0.05) is 36.4 Å². The first-order chi connectivity index (χ1) is 12.8. The van der Waals surface area contributed by atoms with Crippen molar-refractivity contribution < 1.29 is 0 Å². The van der Waals surface area contributed by atoms with E-state index in [1.54, 1.807) is 0 Å². The van der Waals surface area contributed by atoms with Crippen molar-refractivity contribution in [3.05, 3.63) is 95.2 Å². The Bertz CT molecular complexity index is 901. The van der Waals surface area contributed by atoms with Crippen molar-refractivity contribution in [3.63, 3.8) is 0 Å². The maximum atomic E-state index is 5.99. The van der Waals surface area contributed by atoms with Gasteiger partial charge in [0.15, 0.2) is 0 Å². The summed E-state index contributed by atoms with van der Waals surface area (Å²) in [7, 11) is 0. The lowest BCUT2D eigenvalue weighted by atomic mass is 9.99. The molecule has 0 fully saturated rings. The first-order valence-corrected chi connectivity index (χ1v) is 9.33. The van der Waals surface area contributed by atoms with Crippen LogP contribution < -0.4 is 0 Å². The lowest BCUT2D eigenvalue weighted by Crippen LogP contribution is -2.28. The normalized spacial score (nSPS) is 14.9. The minimum Gasteiger partial charge on any atom is -0.295 e. The van der Waals surface area contributed by atoms with Gasteiger partial charge in [-0.25, -0.2) is 0 Å². The molecule has 130 valence electrons. The molecule has 2 nitrogen and oxygen atoms in total. The molecule has 0 unspecified atom stereocenters. The summed E-state index contributed by atoms with van der Waals surface area (Å²) in [6.07, 6.45) is 5.32. The standard InChI is InChI=1S/C23H21ClN2/c24-22-8-6-19(7-9-22)20-11-14-26(15-12-20)17-18-10-13-25-23(16-18)21-4-2-1-3-5-21/h1-11,13,16H,12,14-15,17H2. The summed E-state index contributed by atoms with van der Waals surface area (Å²) in [5.41, 5.74) is 6.21. The predicted molar refractivity (Wildman–Crippen MR) is 109 cm³/mol. The second-order valence-corrected chi connectivity index (χ2v) is 7.07. The van der Waals surface area contributed by atoms with E-state index in [1.165, 1.54) is 16.7 Å². The summed E-state index contributed by atoms with van der Waals surface area (Å²) in [6.45, 7) is 2.99. The zero-order valence-corrected chi connectivity index (χ0v) is 15.4. The second kappa shape index (κ2) is 7.86. The molecule has 0 aliphatic carbocycles. The highest BCUT2D eigenvalue weighted by Crippen LogP contribution is 2.25. The van der Waals surface area contributed by atoms with E-state index in [1.807, 2.05) is 24.4 Å². The highest BCUT2D eigenvalue weighted by atomic mass is 35.5. The lowest BCUT2D eigenvalue weighted by Gasteiger charge is -2.26. The smallest absolute Gasteiger partial charge is 0.0705 e. The van der Waals surface area contributed by atoms with Crippen LogP contribution in [0.2, 0.25) is 5.02 Å². The van der Waals surface area contributed by atoms with Crippen molar-refractivity contribution >= 4 is 17.2 Å². The fraction of sp³-hybridized carbons (Fsp3) is 0.174. The molecule has 0 spiro atoms. The van der Waals surface area contributed by atoms with Crippen molar-refractivity contribution in [3.8, 4) is 11.3 Å². The Morgan fingerprint density at radius 3 is 2.46 bits per heavy atom. The van der Waals surface area contributed by atoms with Crippen LogP contribution in [-0.4, -0.2) is 23.0 Å². The molecule has 26 heavy (non-hydrogen) atoms. The molecule has 3 heteroatoms. The van der Waals surface area contributed by atoms with Crippen LogP contribution in [0.25, 0.3) is 16.8 Å². The molecule has 2 heterocycles. The van der Waals surface area contributed by atoms with Crippen LogP contribution in [0.5, 0.6) is 0 Å². The Kier molecular flexibility index (Phi) is 5.14. The molecule has 0 saturated heterocycles. The Balaban J connectivity index is 1.44. The van der Waals surface area contributed by atoms with E-state index in [-0.39, 0.29) is 0 Å². The number of hydrogen-bond acceptors (Lipinski definition) is 2. The lowest BCUT2D eigenvalue weighted by molar-refractivity contribution is 0.294. The van der Waals surface area contributed by atoms with Crippen LogP contribution in [0.3, 0.4) is 0 Å². The third-order valence-corrected chi connectivity index (χ3v) is 5.06. The molecule has 4 rings (SSSR count). The molecule has 0 amide bonds.